The van der Waals surface area contributed by atoms with E-state index in [-0.39, 0.29) is 18.0 Å². The fourth-order valence-corrected chi connectivity index (χ4v) is 1.38. The molecule has 0 spiro atoms. The van der Waals surface area contributed by atoms with Crippen molar-refractivity contribution in [2.45, 2.75) is 13.8 Å². The SMILES string of the molecule is CCN(C)C(=O)CNC(=O)c1cc(C)ccc1F. The monoisotopic (exact) mass is 252 g/mol. The van der Waals surface area contributed by atoms with Crippen LogP contribution >= 0.6 is 0 Å². The number of carbonyl (C=O) groups is 2. The highest BCUT2D eigenvalue weighted by Crippen LogP contribution is 2.09. The van der Waals surface area contributed by atoms with Crippen LogP contribution in [0.25, 0.3) is 0 Å². The van der Waals surface area contributed by atoms with Crippen LogP contribution in [0.3, 0.4) is 0 Å². The third-order valence-corrected chi connectivity index (χ3v) is 2.67. The standard InChI is InChI=1S/C13H17FN2O2/c1-4-16(3)12(17)8-15-13(18)10-7-9(2)5-6-11(10)14/h5-7H,4,8H2,1-3H3,(H,15,18). The predicted molar refractivity (Wildman–Crippen MR) is 66.8 cm³/mol. The van der Waals surface area contributed by atoms with Crippen molar-refractivity contribution in [2.75, 3.05) is 20.1 Å². The first kappa shape index (κ1) is 14.2. The summed E-state index contributed by atoms with van der Waals surface area (Å²) in [6.07, 6.45) is 0. The van der Waals surface area contributed by atoms with E-state index in [1.54, 1.807) is 20.0 Å². The summed E-state index contributed by atoms with van der Waals surface area (Å²) in [4.78, 5) is 24.7. The molecule has 5 heteroatoms. The van der Waals surface area contributed by atoms with Crippen LogP contribution in [0.15, 0.2) is 18.2 Å². The molecule has 0 aromatic heterocycles. The Morgan fingerprint density at radius 2 is 2.06 bits per heavy atom. The lowest BCUT2D eigenvalue weighted by atomic mass is 10.1. The maximum atomic E-state index is 13.4. The molecule has 0 aliphatic rings. The van der Waals surface area contributed by atoms with Crippen molar-refractivity contribution in [1.82, 2.24) is 10.2 Å². The fraction of sp³-hybridized carbons (Fsp3) is 0.385. The highest BCUT2D eigenvalue weighted by Gasteiger charge is 2.14. The highest BCUT2D eigenvalue weighted by molar-refractivity contribution is 5.96. The Morgan fingerprint density at radius 1 is 1.39 bits per heavy atom. The van der Waals surface area contributed by atoms with Crippen molar-refractivity contribution in [3.63, 3.8) is 0 Å². The number of hydrogen-bond acceptors (Lipinski definition) is 2. The highest BCUT2D eigenvalue weighted by atomic mass is 19.1. The predicted octanol–water partition coefficient (Wildman–Crippen LogP) is 1.34. The van der Waals surface area contributed by atoms with Gasteiger partial charge in [-0.1, -0.05) is 11.6 Å². The molecule has 98 valence electrons. The molecule has 0 aliphatic carbocycles. The van der Waals surface area contributed by atoms with Gasteiger partial charge in [0.25, 0.3) is 5.91 Å². The lowest BCUT2D eigenvalue weighted by Crippen LogP contribution is -2.38. The van der Waals surface area contributed by atoms with Crippen molar-refractivity contribution in [1.29, 1.82) is 0 Å². The summed E-state index contributed by atoms with van der Waals surface area (Å²) in [5, 5.41) is 2.41. The van der Waals surface area contributed by atoms with Gasteiger partial charge in [0.2, 0.25) is 5.91 Å². The summed E-state index contributed by atoms with van der Waals surface area (Å²) in [6.45, 7) is 4.04. The molecule has 0 aliphatic heterocycles. The zero-order valence-electron chi connectivity index (χ0n) is 10.8. The number of likely N-dealkylation sites (N-methyl/N-ethyl adjacent to an activating group) is 1. The molecule has 1 aromatic carbocycles. The van der Waals surface area contributed by atoms with E-state index < -0.39 is 11.7 Å². The van der Waals surface area contributed by atoms with Gasteiger partial charge in [0, 0.05) is 13.6 Å². The van der Waals surface area contributed by atoms with Crippen LogP contribution in [-0.4, -0.2) is 36.9 Å². The number of hydrogen-bond donors (Lipinski definition) is 1. The Hall–Kier alpha value is -1.91. The van der Waals surface area contributed by atoms with E-state index in [1.807, 2.05) is 6.92 Å². The molecule has 1 N–H and O–H groups in total. The number of benzene rings is 1. The molecule has 0 saturated heterocycles. The van der Waals surface area contributed by atoms with E-state index in [1.165, 1.54) is 17.0 Å². The van der Waals surface area contributed by atoms with Crippen molar-refractivity contribution in [2.24, 2.45) is 0 Å². The summed E-state index contributed by atoms with van der Waals surface area (Å²) >= 11 is 0. The van der Waals surface area contributed by atoms with Crippen molar-refractivity contribution in [3.8, 4) is 0 Å². The molecule has 2 amide bonds. The van der Waals surface area contributed by atoms with Gasteiger partial charge in [-0.25, -0.2) is 4.39 Å². The topological polar surface area (TPSA) is 49.4 Å². The Labute approximate surface area is 106 Å². The Morgan fingerprint density at radius 3 is 2.67 bits per heavy atom. The molecule has 0 radical (unpaired) electrons. The Balaban J connectivity index is 2.66. The zero-order valence-corrected chi connectivity index (χ0v) is 10.8. The Kier molecular flexibility index (Phi) is 4.83. The van der Waals surface area contributed by atoms with Crippen LogP contribution in [0.2, 0.25) is 0 Å². The summed E-state index contributed by atoms with van der Waals surface area (Å²) < 4.78 is 13.4. The van der Waals surface area contributed by atoms with Crippen LogP contribution in [0.5, 0.6) is 0 Å². The molecule has 0 heterocycles. The smallest absolute Gasteiger partial charge is 0.254 e. The van der Waals surface area contributed by atoms with E-state index in [4.69, 9.17) is 0 Å². The van der Waals surface area contributed by atoms with Crippen LogP contribution in [-0.2, 0) is 4.79 Å². The van der Waals surface area contributed by atoms with Crippen molar-refractivity contribution < 1.29 is 14.0 Å². The summed E-state index contributed by atoms with van der Waals surface area (Å²) in [6, 6.07) is 4.28. The van der Waals surface area contributed by atoms with Crippen molar-refractivity contribution >= 4 is 11.8 Å². The van der Waals surface area contributed by atoms with Gasteiger partial charge in [0.05, 0.1) is 12.1 Å². The molecule has 0 bridgehead atoms. The minimum Gasteiger partial charge on any atom is -0.345 e. The van der Waals surface area contributed by atoms with Gasteiger partial charge in [0.15, 0.2) is 0 Å². The molecule has 4 nitrogen and oxygen atoms in total. The number of amides is 2. The summed E-state index contributed by atoms with van der Waals surface area (Å²) in [5.41, 5.74) is 0.750. The summed E-state index contributed by atoms with van der Waals surface area (Å²) in [5.74, 6) is -1.37. The van der Waals surface area contributed by atoms with Gasteiger partial charge in [-0.3, -0.25) is 9.59 Å². The lowest BCUT2D eigenvalue weighted by molar-refractivity contribution is -0.128. The molecule has 0 saturated carbocycles. The molecule has 1 rings (SSSR count). The van der Waals surface area contributed by atoms with E-state index in [2.05, 4.69) is 5.32 Å². The maximum Gasteiger partial charge on any atom is 0.254 e. The van der Waals surface area contributed by atoms with Crippen LogP contribution < -0.4 is 5.32 Å². The summed E-state index contributed by atoms with van der Waals surface area (Å²) in [7, 11) is 1.64. The second-order valence-corrected chi connectivity index (χ2v) is 4.07. The van der Waals surface area contributed by atoms with E-state index >= 15 is 0 Å². The molecular weight excluding hydrogens is 235 g/mol. The molecule has 0 unspecified atom stereocenters. The van der Waals surface area contributed by atoms with E-state index in [9.17, 15) is 14.0 Å². The molecule has 1 aromatic rings. The normalized spacial score (nSPS) is 10.0. The van der Waals surface area contributed by atoms with Gasteiger partial charge < -0.3 is 10.2 Å². The number of rotatable bonds is 4. The second-order valence-electron chi connectivity index (χ2n) is 4.07. The van der Waals surface area contributed by atoms with Gasteiger partial charge in [-0.15, -0.1) is 0 Å². The van der Waals surface area contributed by atoms with Gasteiger partial charge in [-0.05, 0) is 26.0 Å². The first-order valence-corrected chi connectivity index (χ1v) is 5.74. The quantitative estimate of drug-likeness (QED) is 0.879. The number of aryl methyl sites for hydroxylation is 1. The molecule has 0 atom stereocenters. The minimum atomic E-state index is -0.589. The van der Waals surface area contributed by atoms with E-state index in [0.717, 1.165) is 5.56 Å². The second kappa shape index (κ2) is 6.14. The largest absolute Gasteiger partial charge is 0.345 e. The van der Waals surface area contributed by atoms with E-state index in [0.29, 0.717) is 6.54 Å². The molecule has 0 fully saturated rings. The number of carbonyl (C=O) groups excluding carboxylic acids is 2. The first-order chi connectivity index (χ1) is 8.45. The maximum absolute atomic E-state index is 13.4. The zero-order chi connectivity index (χ0) is 13.7. The van der Waals surface area contributed by atoms with Crippen molar-refractivity contribution in [3.05, 3.63) is 35.1 Å². The van der Waals surface area contributed by atoms with Gasteiger partial charge >= 0.3 is 0 Å². The number of nitrogens with zero attached hydrogens (tertiary/aromatic N) is 1. The third-order valence-electron chi connectivity index (χ3n) is 2.67. The average Bonchev–Trinajstić information content (AvgIpc) is 2.37. The molecule has 18 heavy (non-hydrogen) atoms. The van der Waals surface area contributed by atoms with Crippen LogP contribution in [0, 0.1) is 12.7 Å². The number of nitrogens with one attached hydrogen (secondary N) is 1. The lowest BCUT2D eigenvalue weighted by Gasteiger charge is -2.14. The average molecular weight is 252 g/mol. The minimum absolute atomic E-state index is 0.0399. The van der Waals surface area contributed by atoms with Crippen LogP contribution in [0.4, 0.5) is 4.39 Å². The van der Waals surface area contributed by atoms with Gasteiger partial charge in [0.1, 0.15) is 5.82 Å². The third kappa shape index (κ3) is 3.55. The van der Waals surface area contributed by atoms with Crippen LogP contribution in [0.1, 0.15) is 22.8 Å². The molecular formula is C13H17FN2O2. The Bertz CT molecular complexity index is 460. The first-order valence-electron chi connectivity index (χ1n) is 5.74. The number of halogens is 1. The fourth-order valence-electron chi connectivity index (χ4n) is 1.38. The van der Waals surface area contributed by atoms with Gasteiger partial charge in [-0.2, -0.15) is 0 Å².